The van der Waals surface area contributed by atoms with Gasteiger partial charge in [-0.3, -0.25) is 0 Å². The van der Waals surface area contributed by atoms with E-state index in [1.165, 1.54) is 0 Å². The Bertz CT molecular complexity index is 780. The molecule has 1 fully saturated rings. The number of ether oxygens (including phenoxy) is 2. The summed E-state index contributed by atoms with van der Waals surface area (Å²) in [6.45, 7) is 11.9. The Morgan fingerprint density at radius 2 is 1.67 bits per heavy atom. The van der Waals surface area contributed by atoms with Crippen molar-refractivity contribution in [3.63, 3.8) is 0 Å². The highest BCUT2D eigenvalue weighted by atomic mass is 16.7. The number of fused-ring (bicyclic) bond motifs is 1. The van der Waals surface area contributed by atoms with Gasteiger partial charge in [-0.1, -0.05) is 63.2 Å². The Hall–Kier alpha value is -1.87. The van der Waals surface area contributed by atoms with Crippen molar-refractivity contribution in [2.75, 3.05) is 0 Å². The van der Waals surface area contributed by atoms with Gasteiger partial charge >= 0.3 is 5.97 Å². The van der Waals surface area contributed by atoms with Crippen LogP contribution in [0.3, 0.4) is 0 Å². The molecule has 0 N–H and O–H groups in total. The number of esters is 1. The molecule has 2 aromatic rings. The van der Waals surface area contributed by atoms with Gasteiger partial charge < -0.3 is 9.47 Å². The van der Waals surface area contributed by atoms with Crippen LogP contribution in [0.4, 0.5) is 0 Å². The third-order valence-electron chi connectivity index (χ3n) is 5.47. The molecule has 0 saturated carbocycles. The number of carbonyl (C=O) groups excluding carboxylic acids is 1. The fourth-order valence-corrected chi connectivity index (χ4v) is 2.69. The molecular weight excluding hydrogens is 300 g/mol. The van der Waals surface area contributed by atoms with E-state index in [-0.39, 0.29) is 17.5 Å². The summed E-state index contributed by atoms with van der Waals surface area (Å²) in [5.74, 6) is -0.291. The van der Waals surface area contributed by atoms with Crippen LogP contribution in [0.1, 0.15) is 53.2 Å². The summed E-state index contributed by atoms with van der Waals surface area (Å²) in [4.78, 5) is 12.8. The molecule has 0 aromatic heterocycles. The second-order valence-electron chi connectivity index (χ2n) is 8.32. The van der Waals surface area contributed by atoms with Gasteiger partial charge in [0.2, 0.25) is 0 Å². The first-order valence-corrected chi connectivity index (χ1v) is 8.45. The predicted octanol–water partition coefficient (Wildman–Crippen LogP) is 5.04. The van der Waals surface area contributed by atoms with E-state index < -0.39 is 11.2 Å². The van der Waals surface area contributed by atoms with Crippen LogP contribution in [-0.2, 0) is 14.3 Å². The molecule has 1 aliphatic rings. The van der Waals surface area contributed by atoms with Crippen LogP contribution in [0.25, 0.3) is 10.8 Å². The maximum Gasteiger partial charge on any atom is 0.341 e. The van der Waals surface area contributed by atoms with Gasteiger partial charge in [-0.2, -0.15) is 0 Å². The van der Waals surface area contributed by atoms with Crippen LogP contribution >= 0.6 is 0 Å². The van der Waals surface area contributed by atoms with Gasteiger partial charge in [0.1, 0.15) is 11.7 Å². The van der Waals surface area contributed by atoms with E-state index in [0.29, 0.717) is 0 Å². The highest BCUT2D eigenvalue weighted by Crippen LogP contribution is 2.52. The normalized spacial score (nSPS) is 24.0. The molecule has 1 saturated heterocycles. The van der Waals surface area contributed by atoms with Gasteiger partial charge in [-0.15, -0.1) is 0 Å². The van der Waals surface area contributed by atoms with Crippen molar-refractivity contribution in [3.05, 3.63) is 48.0 Å². The third-order valence-corrected chi connectivity index (χ3v) is 5.47. The second kappa shape index (κ2) is 5.32. The minimum Gasteiger partial charge on any atom is -0.457 e. The molecular formula is C21H26O3. The molecule has 2 aromatic carbocycles. The van der Waals surface area contributed by atoms with E-state index >= 15 is 0 Å². The summed E-state index contributed by atoms with van der Waals surface area (Å²) in [7, 11) is 0. The van der Waals surface area contributed by atoms with Crippen molar-refractivity contribution in [2.45, 2.75) is 58.8 Å². The fraction of sp³-hybridized carbons (Fsp3) is 0.476. The highest BCUT2D eigenvalue weighted by molar-refractivity contribution is 5.90. The first-order chi connectivity index (χ1) is 11.1. The van der Waals surface area contributed by atoms with Crippen molar-refractivity contribution in [1.29, 1.82) is 0 Å². The third kappa shape index (κ3) is 2.71. The molecule has 1 heterocycles. The number of carbonyl (C=O) groups is 1. The zero-order valence-corrected chi connectivity index (χ0v) is 15.3. The van der Waals surface area contributed by atoms with Gasteiger partial charge in [0, 0.05) is 5.41 Å². The van der Waals surface area contributed by atoms with Crippen molar-refractivity contribution in [1.82, 2.24) is 0 Å². The van der Waals surface area contributed by atoms with Crippen LogP contribution < -0.4 is 0 Å². The Balaban J connectivity index is 1.86. The predicted molar refractivity (Wildman–Crippen MR) is 95.8 cm³/mol. The van der Waals surface area contributed by atoms with Gasteiger partial charge in [-0.05, 0) is 37.1 Å². The average molecular weight is 326 g/mol. The molecule has 0 amide bonds. The molecule has 3 rings (SSSR count). The summed E-state index contributed by atoms with van der Waals surface area (Å²) in [6, 6.07) is 14.3. The molecule has 128 valence electrons. The minimum atomic E-state index is -0.910. The lowest BCUT2D eigenvalue weighted by molar-refractivity contribution is -0.173. The van der Waals surface area contributed by atoms with Crippen LogP contribution in [-0.4, -0.2) is 17.2 Å². The maximum absolute atomic E-state index is 12.8. The molecule has 0 spiro atoms. The lowest BCUT2D eigenvalue weighted by Crippen LogP contribution is -2.44. The Labute approximate surface area is 144 Å². The van der Waals surface area contributed by atoms with E-state index in [4.69, 9.17) is 9.47 Å². The van der Waals surface area contributed by atoms with Gasteiger partial charge in [0.15, 0.2) is 5.60 Å². The molecule has 0 radical (unpaired) electrons. The van der Waals surface area contributed by atoms with Crippen molar-refractivity contribution in [3.8, 4) is 0 Å². The lowest BCUT2D eigenvalue weighted by atomic mass is 9.79. The largest absolute Gasteiger partial charge is 0.457 e. The highest BCUT2D eigenvalue weighted by Gasteiger charge is 2.62. The average Bonchev–Trinajstić information content (AvgIpc) is 3.18. The van der Waals surface area contributed by atoms with E-state index in [9.17, 15) is 4.79 Å². The van der Waals surface area contributed by atoms with E-state index in [2.05, 4.69) is 39.0 Å². The fourth-order valence-electron chi connectivity index (χ4n) is 2.69. The lowest BCUT2D eigenvalue weighted by Gasteiger charge is -2.38. The van der Waals surface area contributed by atoms with Crippen LogP contribution in [0, 0.1) is 5.41 Å². The molecule has 2 unspecified atom stereocenters. The Morgan fingerprint density at radius 1 is 1.04 bits per heavy atom. The first-order valence-electron chi connectivity index (χ1n) is 8.45. The van der Waals surface area contributed by atoms with Crippen molar-refractivity contribution in [2.24, 2.45) is 5.41 Å². The topological polar surface area (TPSA) is 38.8 Å². The smallest absolute Gasteiger partial charge is 0.341 e. The minimum absolute atomic E-state index is 0.150. The molecule has 0 bridgehead atoms. The summed E-state index contributed by atoms with van der Waals surface area (Å²) in [6.07, 6.45) is -0.258. The van der Waals surface area contributed by atoms with Gasteiger partial charge in [-0.25, -0.2) is 4.79 Å². The summed E-state index contributed by atoms with van der Waals surface area (Å²) >= 11 is 0. The zero-order valence-electron chi connectivity index (χ0n) is 15.3. The molecule has 1 aliphatic heterocycles. The summed E-state index contributed by atoms with van der Waals surface area (Å²) < 4.78 is 11.7. The van der Waals surface area contributed by atoms with Crippen molar-refractivity contribution < 1.29 is 14.3 Å². The molecule has 0 aliphatic carbocycles. The standard InChI is InChI=1S/C21H26O3/c1-19(2,3)20(4,5)24-18(22)21(6)17(23-21)16-13-9-11-14-10-7-8-12-15(14)16/h7-13,17H,1-6H3. The number of benzene rings is 2. The van der Waals surface area contributed by atoms with Crippen LogP contribution in [0.2, 0.25) is 0 Å². The van der Waals surface area contributed by atoms with E-state index in [1.807, 2.05) is 45.0 Å². The Kier molecular flexibility index (Phi) is 3.76. The number of hydrogen-bond donors (Lipinski definition) is 0. The molecule has 3 nitrogen and oxygen atoms in total. The number of hydrogen-bond acceptors (Lipinski definition) is 3. The van der Waals surface area contributed by atoms with Crippen LogP contribution in [0.15, 0.2) is 42.5 Å². The SMILES string of the molecule is CC1(C(=O)OC(C)(C)C(C)(C)C)OC1c1cccc2ccccc12. The maximum atomic E-state index is 12.8. The number of rotatable bonds is 3. The molecule has 2 atom stereocenters. The van der Waals surface area contributed by atoms with Crippen molar-refractivity contribution >= 4 is 16.7 Å². The van der Waals surface area contributed by atoms with E-state index in [1.54, 1.807) is 0 Å². The molecule has 24 heavy (non-hydrogen) atoms. The quantitative estimate of drug-likeness (QED) is 0.586. The van der Waals surface area contributed by atoms with Gasteiger partial charge in [0.05, 0.1) is 0 Å². The summed E-state index contributed by atoms with van der Waals surface area (Å²) in [5.41, 5.74) is -0.584. The second-order valence-corrected chi connectivity index (χ2v) is 8.32. The zero-order chi connectivity index (χ0) is 17.8. The van der Waals surface area contributed by atoms with Crippen LogP contribution in [0.5, 0.6) is 0 Å². The monoisotopic (exact) mass is 326 g/mol. The first kappa shape index (κ1) is 17.0. The Morgan fingerprint density at radius 3 is 2.33 bits per heavy atom. The van der Waals surface area contributed by atoms with E-state index in [0.717, 1.165) is 16.3 Å². The number of epoxide rings is 1. The molecule has 3 heteroatoms. The van der Waals surface area contributed by atoms with Gasteiger partial charge in [0.25, 0.3) is 0 Å². The summed E-state index contributed by atoms with van der Waals surface area (Å²) in [5, 5.41) is 2.27.